The van der Waals surface area contributed by atoms with E-state index in [0.717, 1.165) is 33.4 Å². The number of aryl methyl sites for hydroxylation is 1. The van der Waals surface area contributed by atoms with Gasteiger partial charge in [0.2, 0.25) is 23.6 Å². The number of rotatable bonds is 18. The molecular weight excluding hydrogens is 740 g/mol. The molecular formula is C42H49ClN4O7S. The number of Topliss-reactive ketones (excluding diaryl/α,β-unsaturated/α-hetero) is 1. The molecule has 292 valence electrons. The van der Waals surface area contributed by atoms with Gasteiger partial charge in [-0.2, -0.15) is 11.3 Å². The number of nitrogens with zero attached hydrogens (tertiary/aromatic N) is 1. The van der Waals surface area contributed by atoms with Crippen LogP contribution in [0.3, 0.4) is 0 Å². The number of carbonyl (C=O) groups excluding carboxylic acids is 6. The number of likely N-dealkylation sites (tertiary alicyclic amines) is 1. The predicted molar refractivity (Wildman–Crippen MR) is 212 cm³/mol. The molecule has 1 saturated heterocycles. The van der Waals surface area contributed by atoms with E-state index < -0.39 is 47.7 Å². The molecule has 5 rings (SSSR count). The van der Waals surface area contributed by atoms with E-state index in [1.807, 2.05) is 72.3 Å². The van der Waals surface area contributed by atoms with E-state index >= 15 is 0 Å². The zero-order valence-electron chi connectivity index (χ0n) is 31.3. The fraction of sp³-hybridized carbons (Fsp3) is 0.429. The topological polar surface area (TPSA) is 151 Å². The Morgan fingerprint density at radius 3 is 2.45 bits per heavy atom. The average Bonchev–Trinajstić information content (AvgIpc) is 3.88. The van der Waals surface area contributed by atoms with Crippen molar-refractivity contribution >= 4 is 63.9 Å². The number of ketones is 1. The van der Waals surface area contributed by atoms with Gasteiger partial charge in [0.15, 0.2) is 5.78 Å². The number of hydrogen-bond acceptors (Lipinski definition) is 8. The van der Waals surface area contributed by atoms with E-state index in [-0.39, 0.29) is 49.8 Å². The number of piperidine rings is 1. The number of alkyl halides is 1. The third kappa shape index (κ3) is 11.6. The standard InChI is InChI=1S/C42H49ClN4O7S/c1-27-10-12-28(13-11-27)25-44-40(51)32(21-29-18-20-55-26-29)23-37(48)35(22-31-15-14-30-7-3-4-8-33(30)31)46-41(52)36-9-5-6-19-47(36)42(53)34(45-38(49)24-43)16-17-39(50)54-2/h3-4,7-8,10-13,15,18,20,26,32,34-36H,5-6,9,14,16-17,19,21-25H2,1-2H3,(H,44,51)(H,45,49)(H,46,52)/t32-,34+,35+,36+/m1/s1. The number of nitrogens with one attached hydrogen (secondary N) is 3. The Hall–Kier alpha value is -4.81. The molecule has 11 nitrogen and oxygen atoms in total. The van der Waals surface area contributed by atoms with E-state index in [1.54, 1.807) is 0 Å². The van der Waals surface area contributed by atoms with Crippen LogP contribution in [0.25, 0.3) is 5.57 Å². The summed E-state index contributed by atoms with van der Waals surface area (Å²) in [6.07, 6.45) is 4.72. The van der Waals surface area contributed by atoms with Crippen molar-refractivity contribution in [2.24, 2.45) is 5.92 Å². The number of allylic oxidation sites excluding steroid dienone is 1. The van der Waals surface area contributed by atoms with Crippen LogP contribution in [-0.2, 0) is 52.9 Å². The number of carbonyl (C=O) groups is 6. The molecule has 0 bridgehead atoms. The van der Waals surface area contributed by atoms with Crippen molar-refractivity contribution in [3.63, 3.8) is 0 Å². The molecule has 55 heavy (non-hydrogen) atoms. The Morgan fingerprint density at radius 2 is 1.73 bits per heavy atom. The number of thiophene rings is 1. The Labute approximate surface area is 331 Å². The zero-order chi connectivity index (χ0) is 39.3. The van der Waals surface area contributed by atoms with Crippen LogP contribution in [0, 0.1) is 12.8 Å². The smallest absolute Gasteiger partial charge is 0.305 e. The summed E-state index contributed by atoms with van der Waals surface area (Å²) < 4.78 is 4.74. The van der Waals surface area contributed by atoms with Crippen LogP contribution < -0.4 is 16.0 Å². The fourth-order valence-corrected chi connectivity index (χ4v) is 7.94. The second kappa shape index (κ2) is 20.2. The molecule has 1 fully saturated rings. The average molecular weight is 789 g/mol. The van der Waals surface area contributed by atoms with Crippen LogP contribution in [0.4, 0.5) is 0 Å². The molecule has 13 heteroatoms. The summed E-state index contributed by atoms with van der Waals surface area (Å²) in [7, 11) is 1.24. The normalized spacial score (nSPS) is 16.5. The van der Waals surface area contributed by atoms with Gasteiger partial charge in [0.1, 0.15) is 18.0 Å². The number of benzene rings is 2. The first-order valence-electron chi connectivity index (χ1n) is 18.7. The number of methoxy groups -OCH3 is 1. The van der Waals surface area contributed by atoms with Crippen LogP contribution in [0.1, 0.15) is 72.8 Å². The maximum Gasteiger partial charge on any atom is 0.305 e. The molecule has 3 N–H and O–H groups in total. The lowest BCUT2D eigenvalue weighted by Crippen LogP contribution is -2.59. The molecule has 1 aliphatic heterocycles. The van der Waals surface area contributed by atoms with Gasteiger partial charge in [-0.3, -0.25) is 28.8 Å². The molecule has 0 unspecified atom stereocenters. The molecule has 0 radical (unpaired) electrons. The highest BCUT2D eigenvalue weighted by Crippen LogP contribution is 2.32. The van der Waals surface area contributed by atoms with Crippen molar-refractivity contribution in [2.45, 2.75) is 89.4 Å². The lowest BCUT2D eigenvalue weighted by atomic mass is 9.89. The number of esters is 1. The highest BCUT2D eigenvalue weighted by Gasteiger charge is 2.38. The first-order chi connectivity index (χ1) is 26.6. The Balaban J connectivity index is 1.37. The van der Waals surface area contributed by atoms with E-state index in [1.165, 1.54) is 23.3 Å². The highest BCUT2D eigenvalue weighted by atomic mass is 35.5. The van der Waals surface area contributed by atoms with Gasteiger partial charge in [-0.25, -0.2) is 0 Å². The summed E-state index contributed by atoms with van der Waals surface area (Å²) >= 11 is 7.25. The second-order valence-electron chi connectivity index (χ2n) is 14.2. The Kier molecular flexibility index (Phi) is 15.2. The summed E-state index contributed by atoms with van der Waals surface area (Å²) in [6.45, 7) is 2.56. The molecule has 2 aromatic carbocycles. The summed E-state index contributed by atoms with van der Waals surface area (Å²) in [6, 6.07) is 14.8. The maximum atomic E-state index is 14.5. The summed E-state index contributed by atoms with van der Waals surface area (Å²) in [5.74, 6) is -3.75. The van der Waals surface area contributed by atoms with Gasteiger partial charge in [-0.05, 0) is 90.1 Å². The van der Waals surface area contributed by atoms with Gasteiger partial charge < -0.3 is 25.6 Å². The largest absolute Gasteiger partial charge is 0.469 e. The fourth-order valence-electron chi connectivity index (χ4n) is 7.18. The molecule has 0 spiro atoms. The van der Waals surface area contributed by atoms with Crippen molar-refractivity contribution in [1.82, 2.24) is 20.9 Å². The molecule has 3 aromatic rings. The lowest BCUT2D eigenvalue weighted by Gasteiger charge is -2.37. The summed E-state index contributed by atoms with van der Waals surface area (Å²) in [5.41, 5.74) is 6.07. The number of hydrogen-bond donors (Lipinski definition) is 3. The quantitative estimate of drug-likeness (QED) is 0.120. The molecule has 4 amide bonds. The summed E-state index contributed by atoms with van der Waals surface area (Å²) in [5, 5.41) is 12.5. The number of ether oxygens (including phenoxy) is 1. The minimum Gasteiger partial charge on any atom is -0.469 e. The van der Waals surface area contributed by atoms with Gasteiger partial charge >= 0.3 is 5.97 Å². The van der Waals surface area contributed by atoms with Crippen molar-refractivity contribution in [2.75, 3.05) is 19.5 Å². The first-order valence-corrected chi connectivity index (χ1v) is 20.2. The molecule has 0 saturated carbocycles. The van der Waals surface area contributed by atoms with Crippen LogP contribution in [0.15, 0.2) is 71.4 Å². The first kappa shape index (κ1) is 41.4. The molecule has 1 aromatic heterocycles. The van der Waals surface area contributed by atoms with Gasteiger partial charge in [-0.1, -0.05) is 60.2 Å². The van der Waals surface area contributed by atoms with Crippen molar-refractivity contribution < 1.29 is 33.5 Å². The third-order valence-corrected chi connectivity index (χ3v) is 11.2. The maximum absolute atomic E-state index is 14.5. The number of amides is 4. The van der Waals surface area contributed by atoms with Crippen LogP contribution >= 0.6 is 22.9 Å². The minimum absolute atomic E-state index is 0.0366. The van der Waals surface area contributed by atoms with Gasteiger partial charge in [0, 0.05) is 38.3 Å². The van der Waals surface area contributed by atoms with Crippen molar-refractivity contribution in [3.8, 4) is 0 Å². The predicted octanol–water partition coefficient (Wildman–Crippen LogP) is 5.06. The molecule has 2 aliphatic rings. The van der Waals surface area contributed by atoms with Crippen molar-refractivity contribution in [1.29, 1.82) is 0 Å². The van der Waals surface area contributed by atoms with E-state index in [0.29, 0.717) is 38.6 Å². The highest BCUT2D eigenvalue weighted by molar-refractivity contribution is 7.07. The lowest BCUT2D eigenvalue weighted by molar-refractivity contribution is -0.146. The molecule has 2 heterocycles. The van der Waals surface area contributed by atoms with Gasteiger partial charge in [0.25, 0.3) is 0 Å². The van der Waals surface area contributed by atoms with Crippen LogP contribution in [0.5, 0.6) is 0 Å². The van der Waals surface area contributed by atoms with Crippen molar-refractivity contribution in [3.05, 3.63) is 99.3 Å². The molecule has 1 aliphatic carbocycles. The summed E-state index contributed by atoms with van der Waals surface area (Å²) in [4.78, 5) is 82.2. The van der Waals surface area contributed by atoms with E-state index in [9.17, 15) is 28.8 Å². The zero-order valence-corrected chi connectivity index (χ0v) is 32.9. The minimum atomic E-state index is -1.10. The third-order valence-electron chi connectivity index (χ3n) is 10.2. The molecule has 4 atom stereocenters. The van der Waals surface area contributed by atoms with Gasteiger partial charge in [-0.15, -0.1) is 11.6 Å². The number of fused-ring (bicyclic) bond motifs is 1. The SMILES string of the molecule is COC(=O)CC[C@H](NC(=O)CCl)C(=O)N1CCCC[C@H]1C(=O)N[C@@H](CC1=CCc2ccccc21)C(=O)C[C@@H](Cc1ccsc1)C(=O)NCc1ccc(C)cc1. The van der Waals surface area contributed by atoms with Crippen LogP contribution in [-0.4, -0.2) is 77.9 Å². The van der Waals surface area contributed by atoms with E-state index in [2.05, 4.69) is 22.0 Å². The monoisotopic (exact) mass is 788 g/mol. The van der Waals surface area contributed by atoms with Crippen LogP contribution in [0.2, 0.25) is 0 Å². The van der Waals surface area contributed by atoms with Gasteiger partial charge in [0.05, 0.1) is 13.2 Å². The Bertz CT molecular complexity index is 1860. The Morgan fingerprint density at radius 1 is 0.945 bits per heavy atom. The number of halogens is 1. The van der Waals surface area contributed by atoms with E-state index in [4.69, 9.17) is 16.3 Å². The second-order valence-corrected chi connectivity index (χ2v) is 15.2.